The summed E-state index contributed by atoms with van der Waals surface area (Å²) in [7, 11) is 0. The van der Waals surface area contributed by atoms with Crippen LogP contribution >= 0.6 is 22.6 Å². The normalized spacial score (nSPS) is 17.1. The Balaban J connectivity index is 0.00000128. The second kappa shape index (κ2) is 4.92. The molecule has 1 aromatic rings. The molecule has 1 heterocycles. The van der Waals surface area contributed by atoms with Crippen LogP contribution in [0, 0.1) is 3.57 Å². The van der Waals surface area contributed by atoms with Crippen molar-refractivity contribution in [2.75, 3.05) is 6.54 Å². The molecular weight excluding hydrogens is 424 g/mol. The molecule has 0 bridgehead atoms. The van der Waals surface area contributed by atoms with Gasteiger partial charge in [0.05, 0.1) is 5.41 Å². The molecular formula is C13H17I2N. The molecule has 1 aromatic carbocycles. The Morgan fingerprint density at radius 2 is 1.94 bits per heavy atom. The zero-order valence-electron chi connectivity index (χ0n) is 10.1. The predicted octanol–water partition coefficient (Wildman–Crippen LogP) is 0.711. The molecule has 1 nitrogen and oxygen atoms in total. The van der Waals surface area contributed by atoms with Crippen molar-refractivity contribution >= 4 is 34.0 Å². The molecule has 1 aliphatic rings. The fraction of sp³-hybridized carbons (Fsp3) is 0.462. The van der Waals surface area contributed by atoms with Gasteiger partial charge < -0.3 is 24.0 Å². The van der Waals surface area contributed by atoms with Gasteiger partial charge in [-0.1, -0.05) is 0 Å². The molecule has 0 radical (unpaired) electrons. The molecule has 16 heavy (non-hydrogen) atoms. The van der Waals surface area contributed by atoms with Gasteiger partial charge in [-0.3, -0.25) is 0 Å². The Morgan fingerprint density at radius 3 is 2.50 bits per heavy atom. The number of nitrogens with zero attached hydrogens (tertiary/aromatic N) is 1. The summed E-state index contributed by atoms with van der Waals surface area (Å²) in [5.74, 6) is 0. The lowest BCUT2D eigenvalue weighted by Gasteiger charge is -2.14. The van der Waals surface area contributed by atoms with Crippen molar-refractivity contribution < 1.29 is 28.6 Å². The highest BCUT2D eigenvalue weighted by Crippen LogP contribution is 2.39. The summed E-state index contributed by atoms with van der Waals surface area (Å²) in [6.07, 6.45) is 0. The third kappa shape index (κ3) is 2.05. The Labute approximate surface area is 128 Å². The van der Waals surface area contributed by atoms with Crippen molar-refractivity contribution in [3.05, 3.63) is 27.3 Å². The van der Waals surface area contributed by atoms with Crippen LogP contribution in [0.1, 0.15) is 33.3 Å². The van der Waals surface area contributed by atoms with Crippen LogP contribution in [0.25, 0.3) is 0 Å². The van der Waals surface area contributed by atoms with Gasteiger partial charge in [-0.2, -0.15) is 4.58 Å². The lowest BCUT2D eigenvalue weighted by Crippen LogP contribution is -3.00. The molecule has 0 spiro atoms. The van der Waals surface area contributed by atoms with Crippen LogP contribution in [0.3, 0.4) is 0 Å². The average molecular weight is 441 g/mol. The predicted molar refractivity (Wildman–Crippen MR) is 73.3 cm³/mol. The summed E-state index contributed by atoms with van der Waals surface area (Å²) in [4.78, 5) is 0. The first-order chi connectivity index (χ1) is 6.98. The Kier molecular flexibility index (Phi) is 4.43. The first-order valence-corrected chi connectivity index (χ1v) is 6.48. The second-order valence-electron chi connectivity index (χ2n) is 4.62. The average Bonchev–Trinajstić information content (AvgIpc) is 2.37. The largest absolute Gasteiger partial charge is 1.00 e. The van der Waals surface area contributed by atoms with E-state index in [4.69, 9.17) is 0 Å². The third-order valence-electron chi connectivity index (χ3n) is 3.55. The Hall–Kier alpha value is 0.350. The minimum absolute atomic E-state index is 0. The first-order valence-electron chi connectivity index (χ1n) is 5.40. The summed E-state index contributed by atoms with van der Waals surface area (Å²) in [5, 5.41) is 0. The summed E-state index contributed by atoms with van der Waals surface area (Å²) in [5.41, 5.74) is 4.50. The zero-order chi connectivity index (χ0) is 11.2. The van der Waals surface area contributed by atoms with E-state index in [9.17, 15) is 0 Å². The maximum Gasteiger partial charge on any atom is 0.209 e. The van der Waals surface area contributed by atoms with Gasteiger partial charge >= 0.3 is 0 Å². The molecule has 0 saturated carbocycles. The van der Waals surface area contributed by atoms with Gasteiger partial charge in [0.1, 0.15) is 6.54 Å². The molecule has 88 valence electrons. The van der Waals surface area contributed by atoms with E-state index in [0.29, 0.717) is 0 Å². The molecule has 0 amide bonds. The SMILES string of the molecule is CC[N+]1=C(C)C(C)(C)c2cc(I)ccc21.[I-]. The van der Waals surface area contributed by atoms with Gasteiger partial charge in [0, 0.05) is 22.1 Å². The van der Waals surface area contributed by atoms with E-state index in [2.05, 4.69) is 73.1 Å². The monoisotopic (exact) mass is 441 g/mol. The summed E-state index contributed by atoms with van der Waals surface area (Å²) < 4.78 is 3.75. The molecule has 0 N–H and O–H groups in total. The van der Waals surface area contributed by atoms with Crippen LogP contribution in [-0.2, 0) is 5.41 Å². The van der Waals surface area contributed by atoms with Crippen molar-refractivity contribution in [2.24, 2.45) is 0 Å². The minimum atomic E-state index is 0. The van der Waals surface area contributed by atoms with Crippen LogP contribution in [0.4, 0.5) is 5.69 Å². The highest BCUT2D eigenvalue weighted by Gasteiger charge is 2.42. The number of benzene rings is 1. The van der Waals surface area contributed by atoms with Crippen LogP contribution in [0.5, 0.6) is 0 Å². The topological polar surface area (TPSA) is 3.01 Å². The highest BCUT2D eigenvalue weighted by atomic mass is 127. The fourth-order valence-electron chi connectivity index (χ4n) is 2.36. The van der Waals surface area contributed by atoms with Gasteiger partial charge in [0.25, 0.3) is 0 Å². The van der Waals surface area contributed by atoms with Crippen LogP contribution in [0.15, 0.2) is 18.2 Å². The molecule has 0 atom stereocenters. The lowest BCUT2D eigenvalue weighted by molar-refractivity contribution is -0.434. The Morgan fingerprint density at radius 1 is 1.31 bits per heavy atom. The van der Waals surface area contributed by atoms with Gasteiger partial charge in [-0.25, -0.2) is 0 Å². The van der Waals surface area contributed by atoms with Crippen molar-refractivity contribution in [1.82, 2.24) is 0 Å². The number of rotatable bonds is 1. The molecule has 0 unspecified atom stereocenters. The van der Waals surface area contributed by atoms with Crippen LogP contribution < -0.4 is 24.0 Å². The van der Waals surface area contributed by atoms with Crippen LogP contribution in [-0.4, -0.2) is 16.8 Å². The maximum absolute atomic E-state index is 2.42. The van der Waals surface area contributed by atoms with E-state index in [-0.39, 0.29) is 29.4 Å². The molecule has 3 heteroatoms. The van der Waals surface area contributed by atoms with E-state index >= 15 is 0 Å². The summed E-state index contributed by atoms with van der Waals surface area (Å²) >= 11 is 2.39. The van der Waals surface area contributed by atoms with E-state index in [0.717, 1.165) is 6.54 Å². The van der Waals surface area contributed by atoms with Crippen molar-refractivity contribution in [2.45, 2.75) is 33.1 Å². The van der Waals surface area contributed by atoms with Crippen molar-refractivity contribution in [1.29, 1.82) is 0 Å². The van der Waals surface area contributed by atoms with Gasteiger partial charge in [0.2, 0.25) is 5.69 Å². The molecule has 0 saturated heterocycles. The molecule has 0 aromatic heterocycles. The molecule has 0 fully saturated rings. The van der Waals surface area contributed by atoms with E-state index in [1.807, 2.05) is 0 Å². The van der Waals surface area contributed by atoms with E-state index < -0.39 is 0 Å². The number of hydrogen-bond acceptors (Lipinski definition) is 0. The number of hydrogen-bond donors (Lipinski definition) is 0. The maximum atomic E-state index is 2.42. The number of fused-ring (bicyclic) bond motifs is 1. The summed E-state index contributed by atoms with van der Waals surface area (Å²) in [6, 6.07) is 6.75. The summed E-state index contributed by atoms with van der Waals surface area (Å²) in [6.45, 7) is 10.1. The van der Waals surface area contributed by atoms with E-state index in [1.54, 1.807) is 0 Å². The standard InChI is InChI=1S/C13H17IN.HI/c1-5-15-9(2)13(3,4)11-8-10(14)6-7-12(11)15;/h6-8H,5H2,1-4H3;1H/q+1;/p-1. The lowest BCUT2D eigenvalue weighted by atomic mass is 9.82. The van der Waals surface area contributed by atoms with Gasteiger partial charge in [-0.15, -0.1) is 0 Å². The second-order valence-corrected chi connectivity index (χ2v) is 5.86. The molecule has 2 rings (SSSR count). The third-order valence-corrected chi connectivity index (χ3v) is 4.22. The number of halogens is 2. The zero-order valence-corrected chi connectivity index (χ0v) is 14.5. The van der Waals surface area contributed by atoms with Crippen molar-refractivity contribution in [3.63, 3.8) is 0 Å². The highest BCUT2D eigenvalue weighted by molar-refractivity contribution is 14.1. The van der Waals surface area contributed by atoms with E-state index in [1.165, 1.54) is 20.5 Å². The van der Waals surface area contributed by atoms with Crippen LogP contribution in [0.2, 0.25) is 0 Å². The quantitative estimate of drug-likeness (QED) is 0.447. The smallest absolute Gasteiger partial charge is 0.209 e. The minimum Gasteiger partial charge on any atom is -1.00 e. The Bertz CT molecular complexity index is 447. The van der Waals surface area contributed by atoms with Gasteiger partial charge in [0.15, 0.2) is 5.71 Å². The van der Waals surface area contributed by atoms with Gasteiger partial charge in [-0.05, 0) is 55.5 Å². The fourth-order valence-corrected chi connectivity index (χ4v) is 2.86. The first kappa shape index (κ1) is 14.4. The molecule has 1 aliphatic heterocycles. The van der Waals surface area contributed by atoms with Crippen molar-refractivity contribution in [3.8, 4) is 0 Å². The molecule has 0 aliphatic carbocycles.